The smallest absolute Gasteiger partial charge is 0.292 e. The Balaban J connectivity index is 1.35. The highest BCUT2D eigenvalue weighted by Crippen LogP contribution is 2.22. The lowest BCUT2D eigenvalue weighted by Gasteiger charge is -2.06. The molecule has 0 unspecified atom stereocenters. The van der Waals surface area contributed by atoms with E-state index in [0.29, 0.717) is 28.2 Å². The van der Waals surface area contributed by atoms with Crippen LogP contribution < -0.4 is 10.1 Å². The molecule has 6 nitrogen and oxygen atoms in total. The van der Waals surface area contributed by atoms with Gasteiger partial charge in [0.25, 0.3) is 5.91 Å². The summed E-state index contributed by atoms with van der Waals surface area (Å²) in [5.41, 5.74) is 3.12. The number of nitrogens with one attached hydrogen (secondary N) is 1. The van der Waals surface area contributed by atoms with E-state index in [-0.39, 0.29) is 12.4 Å². The lowest BCUT2D eigenvalue weighted by molar-refractivity contribution is 0.0992. The first-order valence-electron chi connectivity index (χ1n) is 9.94. The van der Waals surface area contributed by atoms with Crippen molar-refractivity contribution in [3.8, 4) is 5.75 Å². The number of carbonyl (C=O) groups excluding carboxylic acids is 1. The van der Waals surface area contributed by atoms with Crippen LogP contribution >= 0.6 is 23.2 Å². The maximum atomic E-state index is 12.5. The zero-order chi connectivity index (χ0) is 22.7. The summed E-state index contributed by atoms with van der Waals surface area (Å²) in [6.45, 7) is 4.71. The van der Waals surface area contributed by atoms with Crippen molar-refractivity contribution in [3.63, 3.8) is 0 Å². The summed E-state index contributed by atoms with van der Waals surface area (Å²) in [4.78, 5) is 12.5. The average molecular weight is 470 g/mol. The minimum Gasteiger partial charge on any atom is -0.486 e. The van der Waals surface area contributed by atoms with Gasteiger partial charge < -0.3 is 14.5 Å². The summed E-state index contributed by atoms with van der Waals surface area (Å²) < 4.78 is 13.1. The SMILES string of the molecule is Cc1cc(C)cc(OCc2ccc(C(=O)Nc3ccn(Cc4ccc(Cl)cc4Cl)n3)o2)c1. The molecule has 2 aromatic carbocycles. The Labute approximate surface area is 195 Å². The molecule has 4 rings (SSSR count). The van der Waals surface area contributed by atoms with Gasteiger partial charge >= 0.3 is 0 Å². The molecule has 32 heavy (non-hydrogen) atoms. The van der Waals surface area contributed by atoms with E-state index >= 15 is 0 Å². The van der Waals surface area contributed by atoms with E-state index in [1.165, 1.54) is 0 Å². The first-order valence-corrected chi connectivity index (χ1v) is 10.7. The van der Waals surface area contributed by atoms with Crippen LogP contribution in [0.1, 0.15) is 33.0 Å². The third kappa shape index (κ3) is 5.52. The Hall–Kier alpha value is -3.22. The van der Waals surface area contributed by atoms with Crippen molar-refractivity contribution < 1.29 is 13.9 Å². The van der Waals surface area contributed by atoms with Crippen LogP contribution in [0, 0.1) is 13.8 Å². The molecule has 0 atom stereocenters. The van der Waals surface area contributed by atoms with Crippen molar-refractivity contribution in [2.45, 2.75) is 27.0 Å². The molecule has 0 bridgehead atoms. The van der Waals surface area contributed by atoms with Crippen molar-refractivity contribution >= 4 is 34.9 Å². The van der Waals surface area contributed by atoms with E-state index in [0.717, 1.165) is 22.4 Å². The van der Waals surface area contributed by atoms with E-state index in [1.807, 2.05) is 32.0 Å². The second-order valence-electron chi connectivity index (χ2n) is 7.47. The minimum absolute atomic E-state index is 0.180. The van der Waals surface area contributed by atoms with Crippen LogP contribution in [0.3, 0.4) is 0 Å². The van der Waals surface area contributed by atoms with Gasteiger partial charge in [0, 0.05) is 22.3 Å². The molecule has 1 amide bonds. The molecular weight excluding hydrogens is 449 g/mol. The topological polar surface area (TPSA) is 69.3 Å². The zero-order valence-corrected chi connectivity index (χ0v) is 19.1. The molecular formula is C24H21Cl2N3O3. The fraction of sp³-hybridized carbons (Fsp3) is 0.167. The van der Waals surface area contributed by atoms with Crippen LogP contribution in [0.25, 0.3) is 0 Å². The Kier molecular flexibility index (Phi) is 6.53. The van der Waals surface area contributed by atoms with Gasteiger partial charge in [-0.05, 0) is 66.9 Å². The Bertz CT molecular complexity index is 1240. The van der Waals surface area contributed by atoms with E-state index in [9.17, 15) is 4.79 Å². The summed E-state index contributed by atoms with van der Waals surface area (Å²) in [5, 5.41) is 8.22. The molecule has 0 radical (unpaired) electrons. The maximum Gasteiger partial charge on any atom is 0.292 e. The van der Waals surface area contributed by atoms with Crippen molar-refractivity contribution in [3.05, 3.63) is 99.1 Å². The second kappa shape index (κ2) is 9.51. The standard InChI is InChI=1S/C24H21Cl2N3O3/c1-15-9-16(2)11-20(10-15)31-14-19-5-6-22(32-19)24(30)27-23-7-8-29(28-23)13-17-3-4-18(25)12-21(17)26/h3-12H,13-14H2,1-2H3,(H,27,28,30). The fourth-order valence-corrected chi connectivity index (χ4v) is 3.74. The second-order valence-corrected chi connectivity index (χ2v) is 8.31. The third-order valence-electron chi connectivity index (χ3n) is 4.69. The molecule has 0 saturated heterocycles. The summed E-state index contributed by atoms with van der Waals surface area (Å²) in [5.74, 6) is 1.51. The number of furan rings is 1. The summed E-state index contributed by atoms with van der Waals surface area (Å²) >= 11 is 12.1. The number of hydrogen-bond acceptors (Lipinski definition) is 4. The van der Waals surface area contributed by atoms with Crippen LogP contribution in [-0.2, 0) is 13.2 Å². The van der Waals surface area contributed by atoms with Gasteiger partial charge in [0.15, 0.2) is 11.6 Å². The zero-order valence-electron chi connectivity index (χ0n) is 17.6. The number of aryl methyl sites for hydroxylation is 2. The maximum absolute atomic E-state index is 12.5. The van der Waals surface area contributed by atoms with Crippen LogP contribution in [0.4, 0.5) is 5.82 Å². The number of anilines is 1. The molecule has 4 aromatic rings. The van der Waals surface area contributed by atoms with Crippen LogP contribution in [0.5, 0.6) is 5.75 Å². The van der Waals surface area contributed by atoms with Gasteiger partial charge in [-0.2, -0.15) is 5.10 Å². The van der Waals surface area contributed by atoms with Crippen molar-refractivity contribution in [2.75, 3.05) is 5.32 Å². The number of ether oxygens (including phenoxy) is 1. The van der Waals surface area contributed by atoms with Gasteiger partial charge in [0.1, 0.15) is 18.1 Å². The molecule has 2 aromatic heterocycles. The number of nitrogens with zero attached hydrogens (tertiary/aromatic N) is 2. The molecule has 0 aliphatic heterocycles. The van der Waals surface area contributed by atoms with Gasteiger partial charge in [-0.15, -0.1) is 0 Å². The Morgan fingerprint density at radius 2 is 1.84 bits per heavy atom. The summed E-state index contributed by atoms with van der Waals surface area (Å²) in [6, 6.07) is 16.3. The predicted molar refractivity (Wildman–Crippen MR) is 125 cm³/mol. The number of hydrogen-bond donors (Lipinski definition) is 1. The number of benzene rings is 2. The van der Waals surface area contributed by atoms with Crippen molar-refractivity contribution in [1.29, 1.82) is 0 Å². The predicted octanol–water partition coefficient (Wildman–Crippen LogP) is 6.28. The number of amides is 1. The average Bonchev–Trinajstić information content (AvgIpc) is 3.37. The molecule has 0 aliphatic carbocycles. The molecule has 164 valence electrons. The molecule has 0 spiro atoms. The molecule has 0 aliphatic rings. The van der Waals surface area contributed by atoms with E-state index in [1.54, 1.807) is 41.2 Å². The minimum atomic E-state index is -0.391. The van der Waals surface area contributed by atoms with Gasteiger partial charge in [0.2, 0.25) is 0 Å². The van der Waals surface area contributed by atoms with E-state index in [2.05, 4.69) is 16.5 Å². The highest BCUT2D eigenvalue weighted by molar-refractivity contribution is 6.35. The Morgan fingerprint density at radius 3 is 2.59 bits per heavy atom. The number of rotatable bonds is 7. The lowest BCUT2D eigenvalue weighted by atomic mass is 10.1. The van der Waals surface area contributed by atoms with Crippen LogP contribution in [0.2, 0.25) is 10.0 Å². The molecule has 0 fully saturated rings. The van der Waals surface area contributed by atoms with Gasteiger partial charge in [-0.25, -0.2) is 0 Å². The fourth-order valence-electron chi connectivity index (χ4n) is 3.27. The Morgan fingerprint density at radius 1 is 1.06 bits per heavy atom. The quantitative estimate of drug-likeness (QED) is 0.345. The first-order chi connectivity index (χ1) is 15.4. The van der Waals surface area contributed by atoms with Crippen molar-refractivity contribution in [2.24, 2.45) is 0 Å². The first kappa shape index (κ1) is 22.0. The number of halogens is 2. The molecule has 0 saturated carbocycles. The van der Waals surface area contributed by atoms with Gasteiger partial charge in [0.05, 0.1) is 6.54 Å². The summed E-state index contributed by atoms with van der Waals surface area (Å²) in [6.07, 6.45) is 1.76. The van der Waals surface area contributed by atoms with E-state index in [4.69, 9.17) is 32.4 Å². The highest BCUT2D eigenvalue weighted by atomic mass is 35.5. The highest BCUT2D eigenvalue weighted by Gasteiger charge is 2.14. The lowest BCUT2D eigenvalue weighted by Crippen LogP contribution is -2.12. The van der Waals surface area contributed by atoms with E-state index < -0.39 is 5.91 Å². The number of carbonyl (C=O) groups is 1. The van der Waals surface area contributed by atoms with Crippen molar-refractivity contribution in [1.82, 2.24) is 9.78 Å². The van der Waals surface area contributed by atoms with Gasteiger partial charge in [-0.1, -0.05) is 35.3 Å². The normalized spacial score (nSPS) is 10.9. The molecule has 8 heteroatoms. The summed E-state index contributed by atoms with van der Waals surface area (Å²) in [7, 11) is 0. The monoisotopic (exact) mass is 469 g/mol. The van der Waals surface area contributed by atoms with Crippen LogP contribution in [-0.4, -0.2) is 15.7 Å². The molecule has 2 heterocycles. The number of aromatic nitrogens is 2. The third-order valence-corrected chi connectivity index (χ3v) is 5.28. The van der Waals surface area contributed by atoms with Crippen LogP contribution in [0.15, 0.2) is 65.2 Å². The largest absolute Gasteiger partial charge is 0.486 e. The molecule has 1 N–H and O–H groups in total. The van der Waals surface area contributed by atoms with Gasteiger partial charge in [-0.3, -0.25) is 9.48 Å².